The molecule has 0 saturated carbocycles. The van der Waals surface area contributed by atoms with Gasteiger partial charge in [-0.15, -0.1) is 0 Å². The molecule has 0 aliphatic heterocycles. The van der Waals surface area contributed by atoms with Gasteiger partial charge in [0.2, 0.25) is 0 Å². The van der Waals surface area contributed by atoms with Crippen LogP contribution in [0.3, 0.4) is 0 Å². The smallest absolute Gasteiger partial charge is 0.126 e. The molecule has 0 aliphatic rings. The van der Waals surface area contributed by atoms with E-state index in [4.69, 9.17) is 5.73 Å². The number of benzene rings is 1. The lowest BCUT2D eigenvalue weighted by Gasteiger charge is -2.21. The van der Waals surface area contributed by atoms with Crippen molar-refractivity contribution in [3.8, 4) is 0 Å². The van der Waals surface area contributed by atoms with E-state index in [1.807, 2.05) is 12.1 Å². The molecule has 3 heteroatoms. The summed E-state index contributed by atoms with van der Waals surface area (Å²) < 4.78 is 13.4. The first-order chi connectivity index (χ1) is 8.13. The Hall–Kier alpha value is -0.930. The maximum absolute atomic E-state index is 13.4. The number of likely N-dealkylation sites (N-methyl/N-ethyl adjacent to an activating group) is 1. The van der Waals surface area contributed by atoms with Crippen molar-refractivity contribution in [2.45, 2.75) is 19.8 Å². The van der Waals surface area contributed by atoms with Gasteiger partial charge in [0, 0.05) is 13.1 Å². The Morgan fingerprint density at radius 1 is 1.35 bits per heavy atom. The normalized spacial score (nSPS) is 13.0. The molecule has 1 aromatic carbocycles. The molecule has 0 heterocycles. The van der Waals surface area contributed by atoms with E-state index in [1.54, 1.807) is 6.07 Å². The highest BCUT2D eigenvalue weighted by molar-refractivity contribution is 5.17. The third kappa shape index (κ3) is 5.29. The lowest BCUT2D eigenvalue weighted by Crippen LogP contribution is -2.27. The van der Waals surface area contributed by atoms with Crippen molar-refractivity contribution >= 4 is 0 Å². The van der Waals surface area contributed by atoms with Gasteiger partial charge in [-0.1, -0.05) is 25.1 Å². The van der Waals surface area contributed by atoms with Crippen LogP contribution in [-0.4, -0.2) is 31.6 Å². The fourth-order valence-electron chi connectivity index (χ4n) is 2.01. The van der Waals surface area contributed by atoms with Crippen molar-refractivity contribution in [1.29, 1.82) is 0 Å². The SMILES string of the molecule is CC(CCN)CN(C)CCc1ccccc1F. The summed E-state index contributed by atoms with van der Waals surface area (Å²) in [6.07, 6.45) is 1.81. The first-order valence-corrected chi connectivity index (χ1v) is 6.25. The highest BCUT2D eigenvalue weighted by Gasteiger charge is 2.07. The molecule has 0 amide bonds. The quantitative estimate of drug-likeness (QED) is 0.789. The Balaban J connectivity index is 2.33. The lowest BCUT2D eigenvalue weighted by atomic mass is 10.1. The molecule has 0 spiro atoms. The van der Waals surface area contributed by atoms with E-state index in [9.17, 15) is 4.39 Å². The monoisotopic (exact) mass is 238 g/mol. The second-order valence-corrected chi connectivity index (χ2v) is 4.79. The summed E-state index contributed by atoms with van der Waals surface area (Å²) in [5, 5.41) is 0. The number of rotatable bonds is 7. The Bertz CT molecular complexity index is 328. The first-order valence-electron chi connectivity index (χ1n) is 6.25. The average molecular weight is 238 g/mol. The van der Waals surface area contributed by atoms with Crippen molar-refractivity contribution in [3.05, 3.63) is 35.6 Å². The molecular formula is C14H23FN2. The largest absolute Gasteiger partial charge is 0.330 e. The van der Waals surface area contributed by atoms with Crippen LogP contribution in [0.15, 0.2) is 24.3 Å². The van der Waals surface area contributed by atoms with Gasteiger partial charge in [-0.2, -0.15) is 0 Å². The minimum absolute atomic E-state index is 0.101. The summed E-state index contributed by atoms with van der Waals surface area (Å²) in [4.78, 5) is 2.24. The van der Waals surface area contributed by atoms with Crippen LogP contribution in [0.4, 0.5) is 4.39 Å². The molecule has 0 fully saturated rings. The Morgan fingerprint density at radius 3 is 2.71 bits per heavy atom. The summed E-state index contributed by atoms with van der Waals surface area (Å²) in [5.41, 5.74) is 6.32. The number of nitrogens with two attached hydrogens (primary N) is 1. The van der Waals surface area contributed by atoms with Gasteiger partial charge in [0.15, 0.2) is 0 Å². The summed E-state index contributed by atoms with van der Waals surface area (Å²) in [7, 11) is 2.08. The van der Waals surface area contributed by atoms with Gasteiger partial charge in [-0.25, -0.2) is 4.39 Å². The molecule has 1 aromatic rings. The van der Waals surface area contributed by atoms with Gasteiger partial charge in [0.05, 0.1) is 0 Å². The molecule has 1 atom stereocenters. The topological polar surface area (TPSA) is 29.3 Å². The van der Waals surface area contributed by atoms with Crippen molar-refractivity contribution in [2.75, 3.05) is 26.7 Å². The fraction of sp³-hybridized carbons (Fsp3) is 0.571. The minimum atomic E-state index is -0.101. The first kappa shape index (κ1) is 14.1. The number of hydrogen-bond acceptors (Lipinski definition) is 2. The van der Waals surface area contributed by atoms with Crippen LogP contribution in [0, 0.1) is 11.7 Å². The van der Waals surface area contributed by atoms with Gasteiger partial charge in [0.1, 0.15) is 5.82 Å². The predicted octanol–water partition coefficient (Wildman–Crippen LogP) is 2.28. The zero-order valence-corrected chi connectivity index (χ0v) is 10.8. The molecule has 2 N–H and O–H groups in total. The summed E-state index contributed by atoms with van der Waals surface area (Å²) >= 11 is 0. The molecule has 1 rings (SSSR count). The molecule has 2 nitrogen and oxygen atoms in total. The maximum Gasteiger partial charge on any atom is 0.126 e. The van der Waals surface area contributed by atoms with Crippen molar-refractivity contribution < 1.29 is 4.39 Å². The number of halogens is 1. The molecular weight excluding hydrogens is 215 g/mol. The van der Waals surface area contributed by atoms with Crippen LogP contribution in [-0.2, 0) is 6.42 Å². The molecule has 0 aliphatic carbocycles. The van der Waals surface area contributed by atoms with Crippen molar-refractivity contribution in [2.24, 2.45) is 11.7 Å². The van der Waals surface area contributed by atoms with Crippen LogP contribution in [0.2, 0.25) is 0 Å². The van der Waals surface area contributed by atoms with Crippen LogP contribution in [0.1, 0.15) is 18.9 Å². The van der Waals surface area contributed by atoms with E-state index >= 15 is 0 Å². The van der Waals surface area contributed by atoms with Gasteiger partial charge in [-0.05, 0) is 44.0 Å². The molecule has 0 aromatic heterocycles. The average Bonchev–Trinajstić information content (AvgIpc) is 2.28. The fourth-order valence-corrected chi connectivity index (χ4v) is 2.01. The standard InChI is InChI=1S/C14H23FN2/c1-12(7-9-16)11-17(2)10-8-13-5-3-4-6-14(13)15/h3-6,12H,7-11,16H2,1-2H3. The summed E-state index contributed by atoms with van der Waals surface area (Å²) in [6.45, 7) is 4.84. The highest BCUT2D eigenvalue weighted by Crippen LogP contribution is 2.08. The van der Waals surface area contributed by atoms with Gasteiger partial charge in [-0.3, -0.25) is 0 Å². The van der Waals surface area contributed by atoms with E-state index in [1.165, 1.54) is 6.07 Å². The van der Waals surface area contributed by atoms with E-state index in [0.717, 1.165) is 38.0 Å². The van der Waals surface area contributed by atoms with E-state index < -0.39 is 0 Å². The Kier molecular flexibility index (Phi) is 6.16. The van der Waals surface area contributed by atoms with Crippen LogP contribution < -0.4 is 5.73 Å². The van der Waals surface area contributed by atoms with Gasteiger partial charge in [0.25, 0.3) is 0 Å². The van der Waals surface area contributed by atoms with Crippen molar-refractivity contribution in [3.63, 3.8) is 0 Å². The third-order valence-corrected chi connectivity index (χ3v) is 3.00. The van der Waals surface area contributed by atoms with Crippen molar-refractivity contribution in [1.82, 2.24) is 4.90 Å². The molecule has 96 valence electrons. The highest BCUT2D eigenvalue weighted by atomic mass is 19.1. The predicted molar refractivity (Wildman–Crippen MR) is 70.4 cm³/mol. The Morgan fingerprint density at radius 2 is 2.06 bits per heavy atom. The zero-order chi connectivity index (χ0) is 12.7. The third-order valence-electron chi connectivity index (χ3n) is 3.00. The summed E-state index contributed by atoms with van der Waals surface area (Å²) in [5.74, 6) is 0.501. The second-order valence-electron chi connectivity index (χ2n) is 4.79. The zero-order valence-electron chi connectivity index (χ0n) is 10.8. The lowest BCUT2D eigenvalue weighted by molar-refractivity contribution is 0.282. The molecule has 0 radical (unpaired) electrons. The van der Waals surface area contributed by atoms with Gasteiger partial charge >= 0.3 is 0 Å². The van der Waals surface area contributed by atoms with E-state index in [0.29, 0.717) is 5.92 Å². The minimum Gasteiger partial charge on any atom is -0.330 e. The van der Waals surface area contributed by atoms with Gasteiger partial charge < -0.3 is 10.6 Å². The maximum atomic E-state index is 13.4. The molecule has 0 saturated heterocycles. The van der Waals surface area contributed by atoms with Crippen LogP contribution in [0.5, 0.6) is 0 Å². The summed E-state index contributed by atoms with van der Waals surface area (Å²) in [6, 6.07) is 6.99. The molecule has 1 unspecified atom stereocenters. The number of nitrogens with zero attached hydrogens (tertiary/aromatic N) is 1. The van der Waals surface area contributed by atoms with Crippen LogP contribution >= 0.6 is 0 Å². The number of hydrogen-bond donors (Lipinski definition) is 1. The Labute approximate surface area is 104 Å². The van der Waals surface area contributed by atoms with E-state index in [-0.39, 0.29) is 5.82 Å². The molecule has 0 bridgehead atoms. The molecule has 17 heavy (non-hydrogen) atoms. The van der Waals surface area contributed by atoms with E-state index in [2.05, 4.69) is 18.9 Å². The second kappa shape index (κ2) is 7.41. The van der Waals surface area contributed by atoms with Crippen LogP contribution in [0.25, 0.3) is 0 Å².